The highest BCUT2D eigenvalue weighted by molar-refractivity contribution is 6.39. The van der Waals surface area contributed by atoms with Gasteiger partial charge in [-0.15, -0.1) is 0 Å². The monoisotopic (exact) mass is 464 g/mol. The summed E-state index contributed by atoms with van der Waals surface area (Å²) in [4.78, 5) is 42.1. The van der Waals surface area contributed by atoms with Crippen LogP contribution in [0.4, 0.5) is 4.79 Å². The summed E-state index contributed by atoms with van der Waals surface area (Å²) in [5.41, 5.74) is 2.56. The molecule has 0 bridgehead atoms. The van der Waals surface area contributed by atoms with Gasteiger partial charge in [0.2, 0.25) is 0 Å². The number of hydrogen-bond acceptors (Lipinski definition) is 5. The van der Waals surface area contributed by atoms with Crippen molar-refractivity contribution in [1.29, 1.82) is 0 Å². The van der Waals surface area contributed by atoms with Crippen LogP contribution in [0.3, 0.4) is 0 Å². The molecule has 31 heavy (non-hydrogen) atoms. The molecule has 1 aliphatic carbocycles. The highest BCUT2D eigenvalue weighted by atomic mass is 35.5. The van der Waals surface area contributed by atoms with Gasteiger partial charge < -0.3 is 10.1 Å². The molecule has 0 radical (unpaired) electrons. The summed E-state index contributed by atoms with van der Waals surface area (Å²) in [5.74, 6) is -0.403. The molecular weight excluding hydrogens is 443 g/mol. The second-order valence-corrected chi connectivity index (χ2v) is 8.99. The molecule has 1 aromatic carbocycles. The summed E-state index contributed by atoms with van der Waals surface area (Å²) < 4.78 is 5.62. The summed E-state index contributed by atoms with van der Waals surface area (Å²) in [5, 5.41) is 4.74. The normalized spacial score (nSPS) is 23.4. The molecule has 1 saturated carbocycles. The van der Waals surface area contributed by atoms with Crippen molar-refractivity contribution in [3.05, 3.63) is 33.9 Å². The molecule has 164 valence electrons. The quantitative estimate of drug-likeness (QED) is 0.670. The molecule has 2 fully saturated rings. The zero-order valence-corrected chi connectivity index (χ0v) is 18.6. The Kier molecular flexibility index (Phi) is 5.70. The number of nitrogens with one attached hydrogen (secondary N) is 2. The molecule has 0 unspecified atom stereocenters. The number of fused-ring (bicyclic) bond motifs is 1. The molecule has 1 saturated heterocycles. The van der Waals surface area contributed by atoms with E-state index in [4.69, 9.17) is 27.9 Å². The highest BCUT2D eigenvalue weighted by Crippen LogP contribution is 2.38. The number of hydrogen-bond donors (Lipinski definition) is 2. The summed E-state index contributed by atoms with van der Waals surface area (Å²) in [6.07, 6.45) is 2.79. The number of amides is 4. The van der Waals surface area contributed by atoms with E-state index in [9.17, 15) is 14.4 Å². The van der Waals surface area contributed by atoms with Gasteiger partial charge in [0.05, 0.1) is 10.0 Å². The third kappa shape index (κ3) is 4.02. The molecule has 0 atom stereocenters. The maximum absolute atomic E-state index is 12.9. The van der Waals surface area contributed by atoms with Crippen molar-refractivity contribution in [2.45, 2.75) is 45.1 Å². The van der Waals surface area contributed by atoms with E-state index < -0.39 is 30.0 Å². The molecule has 2 N–H and O–H groups in total. The lowest BCUT2D eigenvalue weighted by Crippen LogP contribution is -2.52. The van der Waals surface area contributed by atoms with Crippen molar-refractivity contribution in [1.82, 2.24) is 20.7 Å². The Balaban J connectivity index is 1.46. The van der Waals surface area contributed by atoms with Crippen LogP contribution < -0.4 is 15.5 Å². The first-order valence-corrected chi connectivity index (χ1v) is 10.8. The molecule has 1 spiro atoms. The number of halogens is 2. The Morgan fingerprint density at radius 2 is 2.00 bits per heavy atom. The first-order chi connectivity index (χ1) is 14.7. The third-order valence-electron chi connectivity index (χ3n) is 5.85. The van der Waals surface area contributed by atoms with Gasteiger partial charge in [-0.3, -0.25) is 15.0 Å². The number of hydrazine groups is 1. The Hall–Kier alpha value is -2.58. The van der Waals surface area contributed by atoms with Gasteiger partial charge in [-0.05, 0) is 56.7 Å². The number of carbonyl (C=O) groups is 3. The molecule has 4 rings (SSSR count). The average molecular weight is 465 g/mol. The van der Waals surface area contributed by atoms with Crippen LogP contribution in [0.15, 0.2) is 18.2 Å². The summed E-state index contributed by atoms with van der Waals surface area (Å²) in [7, 11) is 0. The van der Waals surface area contributed by atoms with Gasteiger partial charge in [0.15, 0.2) is 12.4 Å². The number of imide groups is 1. The van der Waals surface area contributed by atoms with E-state index in [0.29, 0.717) is 34.7 Å². The number of aromatic nitrogens is 1. The van der Waals surface area contributed by atoms with E-state index in [1.807, 2.05) is 6.92 Å². The van der Waals surface area contributed by atoms with Crippen molar-refractivity contribution in [3.8, 4) is 5.75 Å². The maximum Gasteiger partial charge on any atom is 0.344 e. The van der Waals surface area contributed by atoms with Gasteiger partial charge in [0.25, 0.3) is 11.8 Å². The van der Waals surface area contributed by atoms with E-state index in [1.165, 1.54) is 6.07 Å². The van der Waals surface area contributed by atoms with Crippen LogP contribution in [-0.2, 0) is 9.59 Å². The molecule has 10 heteroatoms. The van der Waals surface area contributed by atoms with Gasteiger partial charge in [-0.25, -0.2) is 9.78 Å². The molecule has 1 aromatic heterocycles. The minimum Gasteiger partial charge on any atom is -0.480 e. The van der Waals surface area contributed by atoms with Crippen LogP contribution in [0.1, 0.15) is 38.3 Å². The topological polar surface area (TPSA) is 101 Å². The van der Waals surface area contributed by atoms with E-state index in [0.717, 1.165) is 23.5 Å². The van der Waals surface area contributed by atoms with E-state index in [-0.39, 0.29) is 10.8 Å². The lowest BCUT2D eigenvalue weighted by Gasteiger charge is -2.33. The molecule has 2 aromatic rings. The van der Waals surface area contributed by atoms with E-state index in [1.54, 1.807) is 12.1 Å². The zero-order valence-electron chi connectivity index (χ0n) is 17.1. The molecule has 4 amide bonds. The van der Waals surface area contributed by atoms with Crippen LogP contribution >= 0.6 is 23.2 Å². The maximum atomic E-state index is 12.9. The Labute approximate surface area is 189 Å². The summed E-state index contributed by atoms with van der Waals surface area (Å²) in [6.45, 7) is 3.46. The molecule has 2 aliphatic rings. The lowest BCUT2D eigenvalue weighted by molar-refractivity contribution is -0.140. The average Bonchev–Trinajstić information content (AvgIpc) is 2.94. The van der Waals surface area contributed by atoms with Crippen LogP contribution in [0, 0.1) is 12.8 Å². The number of carbonyl (C=O) groups excluding carboxylic acids is 3. The number of urea groups is 1. The first-order valence-electron chi connectivity index (χ1n) is 10.0. The van der Waals surface area contributed by atoms with Crippen molar-refractivity contribution in [3.63, 3.8) is 0 Å². The van der Waals surface area contributed by atoms with Crippen molar-refractivity contribution in [2.24, 2.45) is 5.92 Å². The van der Waals surface area contributed by atoms with Gasteiger partial charge >= 0.3 is 6.03 Å². The first kappa shape index (κ1) is 21.6. The van der Waals surface area contributed by atoms with Gasteiger partial charge in [-0.1, -0.05) is 30.1 Å². The minimum atomic E-state index is -0.936. The standard InChI is InChI=1S/C21H22Cl2N4O4/c1-11-5-7-21(8-6-11)19(29)27(20(30)25-21)26-16(28)10-31-18-15(23)9-14(22)13-4-3-12(2)24-17(13)18/h3-4,9,11H,5-8,10H2,1-2H3,(H,25,30)(H,26,28). The predicted octanol–water partition coefficient (Wildman–Crippen LogP) is 3.76. The van der Waals surface area contributed by atoms with Gasteiger partial charge in [-0.2, -0.15) is 5.01 Å². The summed E-state index contributed by atoms with van der Waals surface area (Å²) >= 11 is 12.5. The molecule has 8 nitrogen and oxygen atoms in total. The Morgan fingerprint density at radius 1 is 1.29 bits per heavy atom. The fourth-order valence-corrected chi connectivity index (χ4v) is 4.61. The second-order valence-electron chi connectivity index (χ2n) is 8.18. The molecular formula is C21H22Cl2N4O4. The van der Waals surface area contributed by atoms with Crippen molar-refractivity contribution in [2.75, 3.05) is 6.61 Å². The summed E-state index contributed by atoms with van der Waals surface area (Å²) in [6, 6.07) is 4.47. The lowest BCUT2D eigenvalue weighted by atomic mass is 9.77. The predicted molar refractivity (Wildman–Crippen MR) is 116 cm³/mol. The SMILES string of the molecule is Cc1ccc2c(Cl)cc(Cl)c(OCC(=O)NN3C(=O)NC4(CCC(C)CC4)C3=O)c2n1. The number of rotatable bonds is 4. The zero-order chi connectivity index (χ0) is 22.3. The second kappa shape index (κ2) is 8.16. The smallest absolute Gasteiger partial charge is 0.344 e. The fourth-order valence-electron chi connectivity index (χ4n) is 4.04. The Morgan fingerprint density at radius 3 is 2.71 bits per heavy atom. The van der Waals surface area contributed by atoms with Crippen LogP contribution in [0.2, 0.25) is 10.0 Å². The third-order valence-corrected chi connectivity index (χ3v) is 6.44. The van der Waals surface area contributed by atoms with Crippen LogP contribution in [-0.4, -0.2) is 40.0 Å². The highest BCUT2D eigenvalue weighted by Gasteiger charge is 2.52. The Bertz CT molecular complexity index is 1080. The van der Waals surface area contributed by atoms with Gasteiger partial charge in [0, 0.05) is 11.1 Å². The fraction of sp³-hybridized carbons (Fsp3) is 0.429. The minimum absolute atomic E-state index is 0.202. The van der Waals surface area contributed by atoms with Crippen molar-refractivity contribution >= 4 is 52.0 Å². The van der Waals surface area contributed by atoms with Gasteiger partial charge in [0.1, 0.15) is 11.1 Å². The number of pyridine rings is 1. The number of nitrogens with zero attached hydrogens (tertiary/aromatic N) is 2. The van der Waals surface area contributed by atoms with Crippen LogP contribution in [0.25, 0.3) is 10.9 Å². The van der Waals surface area contributed by atoms with E-state index >= 15 is 0 Å². The van der Waals surface area contributed by atoms with E-state index in [2.05, 4.69) is 22.7 Å². The van der Waals surface area contributed by atoms with Crippen molar-refractivity contribution < 1.29 is 19.1 Å². The molecule has 2 heterocycles. The number of aryl methyl sites for hydroxylation is 1. The largest absolute Gasteiger partial charge is 0.480 e. The van der Waals surface area contributed by atoms with Crippen LogP contribution in [0.5, 0.6) is 5.75 Å². The number of benzene rings is 1. The molecule has 1 aliphatic heterocycles. The number of ether oxygens (including phenoxy) is 1.